The van der Waals surface area contributed by atoms with Crippen molar-refractivity contribution in [3.05, 3.63) is 0 Å². The molecule has 0 saturated heterocycles. The summed E-state index contributed by atoms with van der Waals surface area (Å²) in [6.07, 6.45) is 12.5. The smallest absolute Gasteiger partial charge is 0.183 e. The van der Waals surface area contributed by atoms with Crippen LogP contribution in [-0.2, 0) is 9.47 Å². The molecule has 4 nitrogen and oxygen atoms in total. The highest BCUT2D eigenvalue weighted by atomic mass is 16.5. The summed E-state index contributed by atoms with van der Waals surface area (Å²) < 4.78 is 11.0. The standard InChI is InChI=1S/C18H32N2O2/c1-15-13-21-17(19-15)11-9-7-5-3-4-6-8-10-12-18-20-16(2)14-22-18/h15-16H,3-14H2,1-2H3. The van der Waals surface area contributed by atoms with Crippen LogP contribution in [0.5, 0.6) is 0 Å². The lowest BCUT2D eigenvalue weighted by molar-refractivity contribution is 0.314. The maximum atomic E-state index is 5.52. The highest BCUT2D eigenvalue weighted by Gasteiger charge is 2.13. The summed E-state index contributed by atoms with van der Waals surface area (Å²) in [5.74, 6) is 1.97. The zero-order chi connectivity index (χ0) is 15.6. The molecule has 2 rings (SSSR count). The molecule has 0 N–H and O–H groups in total. The first-order valence-corrected chi connectivity index (χ1v) is 9.13. The largest absolute Gasteiger partial charge is 0.479 e. The SMILES string of the molecule is CC1COC(CCCCCCCCCCC2=NC(C)CO2)=N1. The molecular weight excluding hydrogens is 276 g/mol. The van der Waals surface area contributed by atoms with Crippen molar-refractivity contribution in [3.8, 4) is 0 Å². The van der Waals surface area contributed by atoms with Crippen molar-refractivity contribution >= 4 is 11.8 Å². The summed E-state index contributed by atoms with van der Waals surface area (Å²) in [7, 11) is 0. The summed E-state index contributed by atoms with van der Waals surface area (Å²) >= 11 is 0. The second-order valence-electron chi connectivity index (χ2n) is 6.69. The predicted molar refractivity (Wildman–Crippen MR) is 91.9 cm³/mol. The first-order chi connectivity index (χ1) is 10.7. The lowest BCUT2D eigenvalue weighted by Crippen LogP contribution is -2.00. The average Bonchev–Trinajstić information content (AvgIpc) is 3.09. The van der Waals surface area contributed by atoms with Gasteiger partial charge in [-0.2, -0.15) is 0 Å². The minimum Gasteiger partial charge on any atom is -0.479 e. The van der Waals surface area contributed by atoms with Gasteiger partial charge in [0, 0.05) is 12.8 Å². The maximum Gasteiger partial charge on any atom is 0.183 e. The Morgan fingerprint density at radius 3 is 1.36 bits per heavy atom. The van der Waals surface area contributed by atoms with Crippen LogP contribution in [0.25, 0.3) is 0 Å². The van der Waals surface area contributed by atoms with Crippen molar-refractivity contribution in [2.45, 2.75) is 90.1 Å². The third-order valence-corrected chi connectivity index (χ3v) is 4.24. The van der Waals surface area contributed by atoms with Gasteiger partial charge in [-0.25, -0.2) is 9.98 Å². The summed E-state index contributed by atoms with van der Waals surface area (Å²) in [6, 6.07) is 0.748. The lowest BCUT2D eigenvalue weighted by atomic mass is 10.1. The third kappa shape index (κ3) is 6.80. The minimum atomic E-state index is 0.374. The topological polar surface area (TPSA) is 43.2 Å². The van der Waals surface area contributed by atoms with Crippen molar-refractivity contribution in [2.75, 3.05) is 13.2 Å². The average molecular weight is 308 g/mol. The molecule has 22 heavy (non-hydrogen) atoms. The predicted octanol–water partition coefficient (Wildman–Crippen LogP) is 4.52. The van der Waals surface area contributed by atoms with Gasteiger partial charge >= 0.3 is 0 Å². The fourth-order valence-electron chi connectivity index (χ4n) is 2.96. The Morgan fingerprint density at radius 2 is 1.05 bits per heavy atom. The van der Waals surface area contributed by atoms with E-state index < -0.39 is 0 Å². The molecule has 0 aromatic heterocycles. The molecule has 0 spiro atoms. The van der Waals surface area contributed by atoms with Crippen molar-refractivity contribution in [2.24, 2.45) is 9.98 Å². The Bertz CT molecular complexity index is 343. The van der Waals surface area contributed by atoms with Crippen LogP contribution in [0, 0.1) is 0 Å². The van der Waals surface area contributed by atoms with Crippen LogP contribution >= 0.6 is 0 Å². The van der Waals surface area contributed by atoms with Crippen LogP contribution in [0.4, 0.5) is 0 Å². The Labute approximate surface area is 135 Å². The third-order valence-electron chi connectivity index (χ3n) is 4.24. The molecular formula is C18H32N2O2. The van der Waals surface area contributed by atoms with Crippen molar-refractivity contribution in [1.82, 2.24) is 0 Å². The van der Waals surface area contributed by atoms with E-state index in [1.165, 1.54) is 51.4 Å². The number of ether oxygens (including phenoxy) is 2. The van der Waals surface area contributed by atoms with Crippen molar-refractivity contribution < 1.29 is 9.47 Å². The van der Waals surface area contributed by atoms with Crippen molar-refractivity contribution in [3.63, 3.8) is 0 Å². The van der Waals surface area contributed by atoms with E-state index in [1.54, 1.807) is 0 Å². The van der Waals surface area contributed by atoms with Crippen LogP contribution in [-0.4, -0.2) is 37.1 Å². The van der Waals surface area contributed by atoms with E-state index in [1.807, 2.05) is 0 Å². The number of aliphatic imine (C=N–C) groups is 2. The molecule has 2 aliphatic rings. The van der Waals surface area contributed by atoms with E-state index in [-0.39, 0.29) is 0 Å². The Kier molecular flexibility index (Phi) is 7.75. The Morgan fingerprint density at radius 1 is 0.682 bits per heavy atom. The second-order valence-corrected chi connectivity index (χ2v) is 6.69. The highest BCUT2D eigenvalue weighted by Crippen LogP contribution is 2.14. The fourth-order valence-corrected chi connectivity index (χ4v) is 2.96. The fraction of sp³-hybridized carbons (Fsp3) is 0.889. The van der Waals surface area contributed by atoms with Gasteiger partial charge in [-0.1, -0.05) is 38.5 Å². The zero-order valence-electron chi connectivity index (χ0n) is 14.4. The van der Waals surface area contributed by atoms with Gasteiger partial charge in [0.15, 0.2) is 11.8 Å². The molecule has 2 atom stereocenters. The maximum absolute atomic E-state index is 5.52. The zero-order valence-corrected chi connectivity index (χ0v) is 14.4. The number of unbranched alkanes of at least 4 members (excludes halogenated alkanes) is 7. The lowest BCUT2D eigenvalue weighted by Gasteiger charge is -2.03. The van der Waals surface area contributed by atoms with Gasteiger partial charge in [-0.15, -0.1) is 0 Å². The quantitative estimate of drug-likeness (QED) is 0.527. The van der Waals surface area contributed by atoms with Crippen molar-refractivity contribution in [1.29, 1.82) is 0 Å². The molecule has 4 heteroatoms. The molecule has 0 aromatic rings. The van der Waals surface area contributed by atoms with Gasteiger partial charge in [-0.3, -0.25) is 0 Å². The van der Waals surface area contributed by atoms with Gasteiger partial charge in [0.05, 0.1) is 12.1 Å². The number of nitrogens with zero attached hydrogens (tertiary/aromatic N) is 2. The van der Waals surface area contributed by atoms with Gasteiger partial charge < -0.3 is 9.47 Å². The molecule has 0 bridgehead atoms. The van der Waals surface area contributed by atoms with E-state index in [0.717, 1.165) is 37.9 Å². The molecule has 2 heterocycles. The van der Waals surface area contributed by atoms with Crippen LogP contribution < -0.4 is 0 Å². The van der Waals surface area contributed by atoms with Crippen LogP contribution in [0.15, 0.2) is 9.98 Å². The molecule has 0 aliphatic carbocycles. The monoisotopic (exact) mass is 308 g/mol. The van der Waals surface area contributed by atoms with E-state index in [2.05, 4.69) is 23.8 Å². The number of hydrogen-bond acceptors (Lipinski definition) is 4. The molecule has 0 amide bonds. The Balaban J connectivity index is 1.33. The molecule has 2 aliphatic heterocycles. The van der Waals surface area contributed by atoms with E-state index in [4.69, 9.17) is 9.47 Å². The molecule has 0 radical (unpaired) electrons. The summed E-state index contributed by atoms with van der Waals surface area (Å²) in [4.78, 5) is 8.94. The van der Waals surface area contributed by atoms with Crippen LogP contribution in [0.1, 0.15) is 78.1 Å². The first-order valence-electron chi connectivity index (χ1n) is 9.13. The second kappa shape index (κ2) is 9.86. The molecule has 0 fully saturated rings. The van der Waals surface area contributed by atoms with E-state index in [0.29, 0.717) is 12.1 Å². The summed E-state index contributed by atoms with van der Waals surface area (Å²) in [5.41, 5.74) is 0. The van der Waals surface area contributed by atoms with E-state index >= 15 is 0 Å². The number of hydrogen-bond donors (Lipinski definition) is 0. The first kappa shape index (κ1) is 17.3. The number of rotatable bonds is 11. The molecule has 0 aromatic carbocycles. The van der Waals surface area contributed by atoms with E-state index in [9.17, 15) is 0 Å². The van der Waals surface area contributed by atoms with Gasteiger partial charge in [0.2, 0.25) is 0 Å². The summed E-state index contributed by atoms with van der Waals surface area (Å²) in [6.45, 7) is 5.79. The van der Waals surface area contributed by atoms with Crippen LogP contribution in [0.3, 0.4) is 0 Å². The highest BCUT2D eigenvalue weighted by molar-refractivity contribution is 5.77. The van der Waals surface area contributed by atoms with Crippen LogP contribution in [0.2, 0.25) is 0 Å². The Hall–Kier alpha value is -1.06. The van der Waals surface area contributed by atoms with Gasteiger partial charge in [-0.05, 0) is 26.7 Å². The summed E-state index contributed by atoms with van der Waals surface area (Å²) in [5, 5.41) is 0. The molecule has 2 unspecified atom stereocenters. The van der Waals surface area contributed by atoms with Gasteiger partial charge in [0.1, 0.15) is 13.2 Å². The normalized spacial score (nSPS) is 23.9. The molecule has 126 valence electrons. The minimum absolute atomic E-state index is 0.374. The molecule has 0 saturated carbocycles. The van der Waals surface area contributed by atoms with Gasteiger partial charge in [0.25, 0.3) is 0 Å².